The lowest BCUT2D eigenvalue weighted by molar-refractivity contribution is 0.580. The highest BCUT2D eigenvalue weighted by Crippen LogP contribution is 2.44. The molecule has 1 heterocycles. The molecule has 1 unspecified atom stereocenters. The minimum Gasteiger partial charge on any atom is -0.375 e. The second kappa shape index (κ2) is 4.69. The van der Waals surface area contributed by atoms with Gasteiger partial charge in [-0.15, -0.1) is 11.3 Å². The lowest BCUT2D eigenvalue weighted by Gasteiger charge is -2.18. The maximum Gasteiger partial charge on any atom is 0.149 e. The van der Waals surface area contributed by atoms with Crippen LogP contribution in [0.3, 0.4) is 0 Å². The van der Waals surface area contributed by atoms with E-state index in [2.05, 4.69) is 11.4 Å². The SMILES string of the molecule is Fc1ccc(NC(c2cccs2)C2CC2)c(F)c1. The van der Waals surface area contributed by atoms with E-state index in [4.69, 9.17) is 0 Å². The van der Waals surface area contributed by atoms with E-state index >= 15 is 0 Å². The molecule has 1 fully saturated rings. The summed E-state index contributed by atoms with van der Waals surface area (Å²) in [6.07, 6.45) is 2.33. The number of thiophene rings is 1. The molecule has 3 rings (SSSR count). The predicted octanol–water partition coefficient (Wildman–Crippen LogP) is 4.59. The third kappa shape index (κ3) is 2.38. The first-order valence-corrected chi connectivity index (χ1v) is 6.87. The molecule has 4 heteroatoms. The van der Waals surface area contributed by atoms with Gasteiger partial charge >= 0.3 is 0 Å². The van der Waals surface area contributed by atoms with E-state index < -0.39 is 11.6 Å². The molecule has 1 aliphatic rings. The van der Waals surface area contributed by atoms with Gasteiger partial charge in [-0.25, -0.2) is 8.78 Å². The van der Waals surface area contributed by atoms with E-state index in [1.165, 1.54) is 29.9 Å². The molecule has 0 saturated heterocycles. The van der Waals surface area contributed by atoms with Crippen molar-refractivity contribution in [2.24, 2.45) is 5.92 Å². The predicted molar refractivity (Wildman–Crippen MR) is 69.8 cm³/mol. The molecule has 1 aromatic carbocycles. The van der Waals surface area contributed by atoms with Gasteiger partial charge in [0.15, 0.2) is 0 Å². The van der Waals surface area contributed by atoms with Crippen LogP contribution in [0.2, 0.25) is 0 Å². The highest BCUT2D eigenvalue weighted by atomic mass is 32.1. The number of hydrogen-bond acceptors (Lipinski definition) is 2. The van der Waals surface area contributed by atoms with E-state index in [1.807, 2.05) is 11.4 Å². The highest BCUT2D eigenvalue weighted by Gasteiger charge is 2.33. The molecule has 0 amide bonds. The summed E-state index contributed by atoms with van der Waals surface area (Å²) in [4.78, 5) is 1.21. The zero-order valence-electron chi connectivity index (χ0n) is 9.70. The fraction of sp³-hybridized carbons (Fsp3) is 0.286. The lowest BCUT2D eigenvalue weighted by Crippen LogP contribution is -2.12. The van der Waals surface area contributed by atoms with Gasteiger partial charge in [-0.1, -0.05) is 6.07 Å². The molecule has 0 spiro atoms. The summed E-state index contributed by atoms with van der Waals surface area (Å²) in [5.74, 6) is -0.512. The Balaban J connectivity index is 1.84. The number of hydrogen-bond donors (Lipinski definition) is 1. The van der Waals surface area contributed by atoms with Crippen molar-refractivity contribution in [1.82, 2.24) is 0 Å². The lowest BCUT2D eigenvalue weighted by atomic mass is 10.1. The third-order valence-electron chi connectivity index (χ3n) is 3.19. The van der Waals surface area contributed by atoms with Gasteiger partial charge < -0.3 is 5.32 Å². The maximum atomic E-state index is 13.6. The van der Waals surface area contributed by atoms with E-state index in [0.717, 1.165) is 6.07 Å². The molecule has 2 aromatic rings. The molecule has 1 aromatic heterocycles. The second-order valence-electron chi connectivity index (χ2n) is 4.60. The third-order valence-corrected chi connectivity index (χ3v) is 4.14. The Morgan fingerprint density at radius 2 is 2.06 bits per heavy atom. The molecule has 0 aliphatic heterocycles. The zero-order chi connectivity index (χ0) is 12.5. The van der Waals surface area contributed by atoms with Crippen LogP contribution in [0.25, 0.3) is 0 Å². The van der Waals surface area contributed by atoms with Crippen LogP contribution < -0.4 is 5.32 Å². The van der Waals surface area contributed by atoms with Crippen LogP contribution in [0.1, 0.15) is 23.8 Å². The molecular weight excluding hydrogens is 252 g/mol. The summed E-state index contributed by atoms with van der Waals surface area (Å²) in [5.41, 5.74) is 0.377. The fourth-order valence-electron chi connectivity index (χ4n) is 2.09. The second-order valence-corrected chi connectivity index (χ2v) is 5.58. The van der Waals surface area contributed by atoms with Gasteiger partial charge in [-0.05, 0) is 42.3 Å². The van der Waals surface area contributed by atoms with E-state index in [0.29, 0.717) is 11.6 Å². The first-order chi connectivity index (χ1) is 8.74. The highest BCUT2D eigenvalue weighted by molar-refractivity contribution is 7.10. The fourth-order valence-corrected chi connectivity index (χ4v) is 2.96. The number of rotatable bonds is 4. The van der Waals surface area contributed by atoms with Gasteiger partial charge in [0, 0.05) is 10.9 Å². The normalized spacial score (nSPS) is 16.6. The summed E-state index contributed by atoms with van der Waals surface area (Å²) < 4.78 is 26.5. The van der Waals surface area contributed by atoms with Crippen molar-refractivity contribution < 1.29 is 8.78 Å². The summed E-state index contributed by atoms with van der Waals surface area (Å²) in [7, 11) is 0. The number of anilines is 1. The van der Waals surface area contributed by atoms with E-state index in [1.54, 1.807) is 11.3 Å². The van der Waals surface area contributed by atoms with Gasteiger partial charge in [0.25, 0.3) is 0 Å². The van der Waals surface area contributed by atoms with Crippen LogP contribution in [0, 0.1) is 17.6 Å². The van der Waals surface area contributed by atoms with Crippen LogP contribution >= 0.6 is 11.3 Å². The van der Waals surface area contributed by atoms with Gasteiger partial charge in [-0.2, -0.15) is 0 Å². The molecule has 1 atom stereocenters. The average Bonchev–Trinajstić information content (AvgIpc) is 3.03. The van der Waals surface area contributed by atoms with Crippen LogP contribution in [0.4, 0.5) is 14.5 Å². The van der Waals surface area contributed by atoms with Gasteiger partial charge in [0.2, 0.25) is 0 Å². The Labute approximate surface area is 108 Å². The van der Waals surface area contributed by atoms with Crippen molar-refractivity contribution in [2.75, 3.05) is 5.32 Å². The molecule has 1 aliphatic carbocycles. The van der Waals surface area contributed by atoms with Crippen molar-refractivity contribution in [3.05, 3.63) is 52.2 Å². The summed E-state index contributed by atoms with van der Waals surface area (Å²) >= 11 is 1.67. The van der Waals surface area contributed by atoms with Crippen LogP contribution in [0.5, 0.6) is 0 Å². The van der Waals surface area contributed by atoms with Crippen molar-refractivity contribution >= 4 is 17.0 Å². The molecule has 0 radical (unpaired) electrons. The van der Waals surface area contributed by atoms with Crippen LogP contribution in [-0.4, -0.2) is 0 Å². The molecule has 94 valence electrons. The van der Waals surface area contributed by atoms with Gasteiger partial charge in [0.1, 0.15) is 11.6 Å². The Morgan fingerprint density at radius 3 is 2.67 bits per heavy atom. The summed E-state index contributed by atoms with van der Waals surface area (Å²) in [6.45, 7) is 0. The molecule has 1 nitrogen and oxygen atoms in total. The quantitative estimate of drug-likeness (QED) is 0.852. The number of nitrogens with one attached hydrogen (secondary N) is 1. The minimum absolute atomic E-state index is 0.143. The largest absolute Gasteiger partial charge is 0.375 e. The Kier molecular flexibility index (Phi) is 3.04. The Hall–Kier alpha value is -1.42. The molecular formula is C14H13F2NS. The number of benzene rings is 1. The average molecular weight is 265 g/mol. The molecule has 1 N–H and O–H groups in total. The summed E-state index contributed by atoms with van der Waals surface area (Å²) in [5, 5.41) is 5.23. The monoisotopic (exact) mass is 265 g/mol. The topological polar surface area (TPSA) is 12.0 Å². The smallest absolute Gasteiger partial charge is 0.149 e. The van der Waals surface area contributed by atoms with E-state index in [-0.39, 0.29) is 6.04 Å². The maximum absolute atomic E-state index is 13.6. The zero-order valence-corrected chi connectivity index (χ0v) is 10.5. The van der Waals surface area contributed by atoms with Crippen molar-refractivity contribution in [3.8, 4) is 0 Å². The minimum atomic E-state index is -0.544. The Bertz CT molecular complexity index is 535. The number of halogens is 2. The van der Waals surface area contributed by atoms with Crippen molar-refractivity contribution in [1.29, 1.82) is 0 Å². The first kappa shape index (κ1) is 11.7. The van der Waals surface area contributed by atoms with Crippen molar-refractivity contribution in [3.63, 3.8) is 0 Å². The molecule has 18 heavy (non-hydrogen) atoms. The first-order valence-electron chi connectivity index (χ1n) is 5.99. The van der Waals surface area contributed by atoms with E-state index in [9.17, 15) is 8.78 Å². The molecule has 0 bridgehead atoms. The van der Waals surface area contributed by atoms with Crippen LogP contribution in [-0.2, 0) is 0 Å². The Morgan fingerprint density at radius 1 is 1.22 bits per heavy atom. The van der Waals surface area contributed by atoms with Crippen LogP contribution in [0.15, 0.2) is 35.7 Å². The van der Waals surface area contributed by atoms with Gasteiger partial charge in [-0.3, -0.25) is 0 Å². The summed E-state index contributed by atoms with van der Waals surface area (Å²) in [6, 6.07) is 7.86. The van der Waals surface area contributed by atoms with Gasteiger partial charge in [0.05, 0.1) is 11.7 Å². The van der Waals surface area contributed by atoms with Crippen molar-refractivity contribution in [2.45, 2.75) is 18.9 Å². The standard InChI is InChI=1S/C14H13F2NS/c15-10-5-6-12(11(16)8-10)17-14(9-3-4-9)13-2-1-7-18-13/h1-2,5-9,14,17H,3-4H2. The molecule has 1 saturated carbocycles.